The van der Waals surface area contributed by atoms with Crippen molar-refractivity contribution in [2.45, 2.75) is 25.3 Å². The summed E-state index contributed by atoms with van der Waals surface area (Å²) >= 11 is 16.1. The Kier molecular flexibility index (Phi) is 5.53. The second-order valence-corrected chi connectivity index (χ2v) is 6.39. The van der Waals surface area contributed by atoms with Crippen LogP contribution < -0.4 is 0 Å². The number of hydrogen-bond donors (Lipinski definition) is 0. The highest BCUT2D eigenvalue weighted by molar-refractivity contribution is 9.10. The second kappa shape index (κ2) is 6.97. The quantitative estimate of drug-likeness (QED) is 0.673. The molecule has 0 N–H and O–H groups in total. The fraction of sp³-hybridized carbons (Fsp3) is 0.400. The molecule has 0 radical (unpaired) electrons. The van der Waals surface area contributed by atoms with E-state index in [4.69, 9.17) is 23.2 Å². The number of aromatic nitrogens is 2. The summed E-state index contributed by atoms with van der Waals surface area (Å²) in [6.07, 6.45) is 4.75. The Morgan fingerprint density at radius 2 is 2.05 bits per heavy atom. The Balaban J connectivity index is 2.33. The van der Waals surface area contributed by atoms with Crippen molar-refractivity contribution in [3.8, 4) is 0 Å². The van der Waals surface area contributed by atoms with E-state index in [0.717, 1.165) is 28.6 Å². The topological polar surface area (TPSA) is 17.8 Å². The second-order valence-electron chi connectivity index (χ2n) is 4.94. The van der Waals surface area contributed by atoms with Crippen LogP contribution in [0, 0.1) is 0 Å². The smallest absolute Gasteiger partial charge is 0.0522 e. The van der Waals surface area contributed by atoms with Crippen LogP contribution in [0.2, 0.25) is 0 Å². The standard InChI is InChI=1S/C15H17BrCl2N2/c1-2-20-9-12(8-19-20)7-15(10-17,11-18)13-4-3-5-14(16)6-13/h3-6,8-9H,2,7,10-11H2,1H3. The minimum absolute atomic E-state index is 0.269. The molecule has 0 aliphatic carbocycles. The van der Waals surface area contributed by atoms with Crippen molar-refractivity contribution in [2.75, 3.05) is 11.8 Å². The van der Waals surface area contributed by atoms with Gasteiger partial charge >= 0.3 is 0 Å². The van der Waals surface area contributed by atoms with Crippen LogP contribution in [-0.4, -0.2) is 21.5 Å². The Morgan fingerprint density at radius 3 is 2.60 bits per heavy atom. The molecule has 1 heterocycles. The van der Waals surface area contributed by atoms with Crippen LogP contribution in [0.1, 0.15) is 18.1 Å². The van der Waals surface area contributed by atoms with Gasteiger partial charge in [0.2, 0.25) is 0 Å². The van der Waals surface area contributed by atoms with Crippen molar-refractivity contribution >= 4 is 39.1 Å². The molecular formula is C15H17BrCl2N2. The SMILES string of the molecule is CCn1cc(CC(CCl)(CCl)c2cccc(Br)c2)cn1. The molecule has 20 heavy (non-hydrogen) atoms. The first-order valence-corrected chi connectivity index (χ1v) is 8.39. The zero-order chi connectivity index (χ0) is 14.6. The van der Waals surface area contributed by atoms with E-state index in [1.807, 2.05) is 23.0 Å². The van der Waals surface area contributed by atoms with Gasteiger partial charge in [0.15, 0.2) is 0 Å². The molecule has 2 aromatic rings. The van der Waals surface area contributed by atoms with Crippen LogP contribution in [-0.2, 0) is 18.4 Å². The van der Waals surface area contributed by atoms with Crippen LogP contribution in [0.4, 0.5) is 0 Å². The molecule has 5 heteroatoms. The van der Waals surface area contributed by atoms with Gasteiger partial charge in [-0.25, -0.2) is 0 Å². The largest absolute Gasteiger partial charge is 0.273 e. The number of rotatable bonds is 6. The average molecular weight is 376 g/mol. The summed E-state index contributed by atoms with van der Waals surface area (Å²) in [5.74, 6) is 0.953. The first-order chi connectivity index (χ1) is 9.63. The molecule has 0 fully saturated rings. The van der Waals surface area contributed by atoms with Gasteiger partial charge in [0.1, 0.15) is 0 Å². The van der Waals surface area contributed by atoms with Crippen LogP contribution >= 0.6 is 39.1 Å². The van der Waals surface area contributed by atoms with Gasteiger partial charge < -0.3 is 0 Å². The highest BCUT2D eigenvalue weighted by atomic mass is 79.9. The molecule has 2 rings (SSSR count). The zero-order valence-corrected chi connectivity index (χ0v) is 14.4. The summed E-state index contributed by atoms with van der Waals surface area (Å²) in [6.45, 7) is 2.94. The lowest BCUT2D eigenvalue weighted by molar-refractivity contribution is 0.535. The lowest BCUT2D eigenvalue weighted by atomic mass is 9.79. The number of aryl methyl sites for hydroxylation is 1. The molecule has 0 atom stereocenters. The molecule has 0 aliphatic heterocycles. The molecule has 0 saturated heterocycles. The minimum atomic E-state index is -0.269. The highest BCUT2D eigenvalue weighted by Gasteiger charge is 2.31. The maximum absolute atomic E-state index is 6.27. The fourth-order valence-electron chi connectivity index (χ4n) is 2.27. The summed E-state index contributed by atoms with van der Waals surface area (Å²) in [7, 11) is 0. The summed E-state index contributed by atoms with van der Waals surface area (Å²) < 4.78 is 2.96. The van der Waals surface area contributed by atoms with E-state index in [9.17, 15) is 0 Å². The molecule has 0 bridgehead atoms. The zero-order valence-electron chi connectivity index (χ0n) is 11.3. The normalized spacial score (nSPS) is 11.8. The summed E-state index contributed by atoms with van der Waals surface area (Å²) in [5, 5.41) is 4.32. The predicted molar refractivity (Wildman–Crippen MR) is 88.9 cm³/mol. The van der Waals surface area contributed by atoms with Crippen LogP contribution in [0.5, 0.6) is 0 Å². The van der Waals surface area contributed by atoms with Crippen molar-refractivity contribution in [1.82, 2.24) is 9.78 Å². The first-order valence-electron chi connectivity index (χ1n) is 6.53. The molecule has 2 nitrogen and oxygen atoms in total. The van der Waals surface area contributed by atoms with Gasteiger partial charge in [0.25, 0.3) is 0 Å². The molecule has 0 aliphatic rings. The number of nitrogens with zero attached hydrogens (tertiary/aromatic N) is 2. The lowest BCUT2D eigenvalue weighted by Gasteiger charge is -2.30. The molecule has 0 saturated carbocycles. The number of hydrogen-bond acceptors (Lipinski definition) is 1. The molecule has 1 aromatic carbocycles. The minimum Gasteiger partial charge on any atom is -0.273 e. The Morgan fingerprint density at radius 1 is 1.30 bits per heavy atom. The van der Waals surface area contributed by atoms with E-state index in [-0.39, 0.29) is 5.41 Å². The number of halogens is 3. The van der Waals surface area contributed by atoms with Crippen LogP contribution in [0.3, 0.4) is 0 Å². The van der Waals surface area contributed by atoms with Gasteiger partial charge in [-0.3, -0.25) is 4.68 Å². The van der Waals surface area contributed by atoms with Crippen LogP contribution in [0.15, 0.2) is 41.1 Å². The van der Waals surface area contributed by atoms with E-state index < -0.39 is 0 Å². The Hall–Kier alpha value is -0.510. The number of benzene rings is 1. The average Bonchev–Trinajstić information content (AvgIpc) is 2.92. The van der Waals surface area contributed by atoms with Gasteiger partial charge in [-0.2, -0.15) is 5.10 Å². The molecule has 108 valence electrons. The summed E-state index contributed by atoms with van der Waals surface area (Å²) in [5.41, 5.74) is 2.04. The van der Waals surface area contributed by atoms with E-state index in [0.29, 0.717) is 11.8 Å². The van der Waals surface area contributed by atoms with Crippen molar-refractivity contribution < 1.29 is 0 Å². The van der Waals surface area contributed by atoms with Crippen molar-refractivity contribution in [3.63, 3.8) is 0 Å². The van der Waals surface area contributed by atoms with Gasteiger partial charge in [-0.1, -0.05) is 28.1 Å². The molecular weight excluding hydrogens is 359 g/mol. The third-order valence-electron chi connectivity index (χ3n) is 3.50. The van der Waals surface area contributed by atoms with Gasteiger partial charge in [0.05, 0.1) is 6.20 Å². The number of alkyl halides is 2. The van der Waals surface area contributed by atoms with E-state index in [2.05, 4.69) is 46.3 Å². The van der Waals surface area contributed by atoms with Crippen molar-refractivity contribution in [3.05, 3.63) is 52.3 Å². The summed E-state index contributed by atoms with van der Waals surface area (Å²) in [6, 6.07) is 8.20. The molecule has 0 spiro atoms. The molecule has 0 unspecified atom stereocenters. The van der Waals surface area contributed by atoms with E-state index in [1.54, 1.807) is 0 Å². The monoisotopic (exact) mass is 374 g/mol. The van der Waals surface area contributed by atoms with E-state index in [1.165, 1.54) is 0 Å². The van der Waals surface area contributed by atoms with Gasteiger partial charge in [-0.15, -0.1) is 23.2 Å². The maximum Gasteiger partial charge on any atom is 0.0522 e. The third-order valence-corrected chi connectivity index (χ3v) is 5.02. The van der Waals surface area contributed by atoms with Crippen LogP contribution in [0.25, 0.3) is 0 Å². The van der Waals surface area contributed by atoms with E-state index >= 15 is 0 Å². The van der Waals surface area contributed by atoms with Gasteiger partial charge in [0, 0.05) is 34.4 Å². The maximum atomic E-state index is 6.27. The first kappa shape index (κ1) is 15.9. The third kappa shape index (κ3) is 3.38. The molecule has 1 aromatic heterocycles. The molecule has 0 amide bonds. The Bertz CT molecular complexity index is 565. The lowest BCUT2D eigenvalue weighted by Crippen LogP contribution is -2.33. The fourth-order valence-corrected chi connectivity index (χ4v) is 3.45. The van der Waals surface area contributed by atoms with Gasteiger partial charge in [-0.05, 0) is 36.6 Å². The Labute approximate surface area is 138 Å². The summed E-state index contributed by atoms with van der Waals surface area (Å²) in [4.78, 5) is 0. The predicted octanol–water partition coefficient (Wildman–Crippen LogP) is 4.62. The van der Waals surface area contributed by atoms with Crippen molar-refractivity contribution in [2.24, 2.45) is 0 Å². The van der Waals surface area contributed by atoms with Crippen molar-refractivity contribution in [1.29, 1.82) is 0 Å². The highest BCUT2D eigenvalue weighted by Crippen LogP contribution is 2.33.